The van der Waals surface area contributed by atoms with Gasteiger partial charge >= 0.3 is 0 Å². The predicted molar refractivity (Wildman–Crippen MR) is 77.4 cm³/mol. The van der Waals surface area contributed by atoms with Gasteiger partial charge in [-0.1, -0.05) is 31.4 Å². The van der Waals surface area contributed by atoms with Crippen LogP contribution in [0.25, 0.3) is 0 Å². The third kappa shape index (κ3) is 3.63. The zero-order valence-electron chi connectivity index (χ0n) is 12.1. The minimum absolute atomic E-state index is 0.803. The second-order valence-corrected chi connectivity index (χ2v) is 5.81. The van der Waals surface area contributed by atoms with Crippen molar-refractivity contribution in [3.05, 3.63) is 23.5 Å². The number of rotatable bonds is 5. The summed E-state index contributed by atoms with van der Waals surface area (Å²) in [4.78, 5) is 0. The lowest BCUT2D eigenvalue weighted by Gasteiger charge is -2.31. The van der Waals surface area contributed by atoms with Crippen LogP contribution in [0.3, 0.4) is 0 Å². The van der Waals surface area contributed by atoms with Gasteiger partial charge in [0.2, 0.25) is 0 Å². The van der Waals surface area contributed by atoms with E-state index in [2.05, 4.69) is 26.0 Å². The van der Waals surface area contributed by atoms with E-state index in [1.54, 1.807) is 5.57 Å². The lowest BCUT2D eigenvalue weighted by Crippen LogP contribution is -2.17. The SMILES string of the molecule is CCCC1CCC(C2=CC=C(OCC)CC2)CC1. The van der Waals surface area contributed by atoms with Crippen LogP contribution in [0.5, 0.6) is 0 Å². The highest BCUT2D eigenvalue weighted by molar-refractivity contribution is 5.23. The summed E-state index contributed by atoms with van der Waals surface area (Å²) in [6.45, 7) is 5.18. The standard InChI is InChI=1S/C17H28O/c1-3-5-14-6-8-15(9-7-14)16-10-12-17(13-11-16)18-4-2/h10,12,14-15H,3-9,11,13H2,1-2H3. The molecule has 18 heavy (non-hydrogen) atoms. The summed E-state index contributed by atoms with van der Waals surface area (Å²) in [6.07, 6.45) is 15.5. The first-order valence-corrected chi connectivity index (χ1v) is 7.85. The monoisotopic (exact) mass is 248 g/mol. The zero-order chi connectivity index (χ0) is 12.8. The van der Waals surface area contributed by atoms with Crippen LogP contribution in [0.4, 0.5) is 0 Å². The summed E-state index contributed by atoms with van der Waals surface area (Å²) in [5.74, 6) is 3.07. The van der Waals surface area contributed by atoms with Crippen molar-refractivity contribution in [3.63, 3.8) is 0 Å². The van der Waals surface area contributed by atoms with Gasteiger partial charge < -0.3 is 4.74 Å². The van der Waals surface area contributed by atoms with Crippen LogP contribution in [-0.2, 0) is 4.74 Å². The van der Waals surface area contributed by atoms with Gasteiger partial charge in [0.05, 0.1) is 12.4 Å². The number of hydrogen-bond donors (Lipinski definition) is 0. The first-order valence-electron chi connectivity index (χ1n) is 7.85. The maximum atomic E-state index is 5.58. The second-order valence-electron chi connectivity index (χ2n) is 5.81. The van der Waals surface area contributed by atoms with Crippen LogP contribution >= 0.6 is 0 Å². The molecule has 0 aliphatic heterocycles. The van der Waals surface area contributed by atoms with Crippen LogP contribution in [0.2, 0.25) is 0 Å². The Morgan fingerprint density at radius 3 is 2.39 bits per heavy atom. The first-order chi connectivity index (χ1) is 8.83. The lowest BCUT2D eigenvalue weighted by atomic mass is 9.75. The molecule has 1 nitrogen and oxygen atoms in total. The lowest BCUT2D eigenvalue weighted by molar-refractivity contribution is 0.214. The van der Waals surface area contributed by atoms with Crippen molar-refractivity contribution in [2.24, 2.45) is 11.8 Å². The molecular formula is C17H28O. The highest BCUT2D eigenvalue weighted by Gasteiger charge is 2.24. The molecule has 0 unspecified atom stereocenters. The molecule has 0 radical (unpaired) electrons. The molecule has 0 heterocycles. The van der Waals surface area contributed by atoms with Crippen LogP contribution in [0.15, 0.2) is 23.5 Å². The quantitative estimate of drug-likeness (QED) is 0.647. The summed E-state index contributed by atoms with van der Waals surface area (Å²) in [7, 11) is 0. The Bertz CT molecular complexity index is 306. The molecule has 0 aromatic rings. The fraction of sp³-hybridized carbons (Fsp3) is 0.765. The average Bonchev–Trinajstić information content (AvgIpc) is 2.41. The van der Waals surface area contributed by atoms with Crippen molar-refractivity contribution in [2.45, 2.75) is 65.2 Å². The molecule has 0 saturated heterocycles. The van der Waals surface area contributed by atoms with Gasteiger partial charge in [-0.25, -0.2) is 0 Å². The first kappa shape index (κ1) is 13.7. The van der Waals surface area contributed by atoms with Gasteiger partial charge in [0, 0.05) is 6.42 Å². The van der Waals surface area contributed by atoms with Crippen LogP contribution in [-0.4, -0.2) is 6.61 Å². The normalized spacial score (nSPS) is 28.6. The van der Waals surface area contributed by atoms with E-state index in [9.17, 15) is 0 Å². The van der Waals surface area contributed by atoms with E-state index in [0.29, 0.717) is 0 Å². The summed E-state index contributed by atoms with van der Waals surface area (Å²) in [6, 6.07) is 0. The maximum absolute atomic E-state index is 5.58. The maximum Gasteiger partial charge on any atom is 0.0962 e. The largest absolute Gasteiger partial charge is 0.498 e. The predicted octanol–water partition coefficient (Wildman–Crippen LogP) is 5.23. The fourth-order valence-corrected chi connectivity index (χ4v) is 3.51. The van der Waals surface area contributed by atoms with Gasteiger partial charge in [-0.2, -0.15) is 0 Å². The number of ether oxygens (including phenoxy) is 1. The van der Waals surface area contributed by atoms with Crippen molar-refractivity contribution in [2.75, 3.05) is 6.61 Å². The van der Waals surface area contributed by atoms with Crippen molar-refractivity contribution < 1.29 is 4.74 Å². The molecule has 0 bridgehead atoms. The molecule has 0 aromatic heterocycles. The van der Waals surface area contributed by atoms with E-state index in [1.807, 2.05) is 0 Å². The van der Waals surface area contributed by atoms with E-state index in [-0.39, 0.29) is 0 Å². The zero-order valence-corrected chi connectivity index (χ0v) is 12.1. The van der Waals surface area contributed by atoms with Gasteiger partial charge in [0.25, 0.3) is 0 Å². The van der Waals surface area contributed by atoms with E-state index in [1.165, 1.54) is 50.7 Å². The molecule has 0 aromatic carbocycles. The molecule has 0 spiro atoms. The molecule has 0 N–H and O–H groups in total. The molecule has 0 amide bonds. The third-order valence-corrected chi connectivity index (χ3v) is 4.54. The Hall–Kier alpha value is -0.720. The van der Waals surface area contributed by atoms with Gasteiger partial charge in [-0.05, 0) is 56.9 Å². The molecule has 1 fully saturated rings. The minimum atomic E-state index is 0.803. The van der Waals surface area contributed by atoms with Gasteiger partial charge in [-0.15, -0.1) is 0 Å². The van der Waals surface area contributed by atoms with Gasteiger partial charge in [0.1, 0.15) is 0 Å². The van der Waals surface area contributed by atoms with Crippen molar-refractivity contribution >= 4 is 0 Å². The summed E-state index contributed by atoms with van der Waals surface area (Å²) >= 11 is 0. The number of hydrogen-bond acceptors (Lipinski definition) is 1. The van der Waals surface area contributed by atoms with E-state index in [0.717, 1.165) is 24.9 Å². The van der Waals surface area contributed by atoms with Crippen molar-refractivity contribution in [1.82, 2.24) is 0 Å². The van der Waals surface area contributed by atoms with E-state index < -0.39 is 0 Å². The smallest absolute Gasteiger partial charge is 0.0962 e. The Kier molecular flexibility index (Phi) is 5.34. The minimum Gasteiger partial charge on any atom is -0.498 e. The van der Waals surface area contributed by atoms with Crippen LogP contribution in [0, 0.1) is 11.8 Å². The topological polar surface area (TPSA) is 9.23 Å². The highest BCUT2D eigenvalue weighted by Crippen LogP contribution is 2.38. The van der Waals surface area contributed by atoms with Gasteiger partial charge in [0.15, 0.2) is 0 Å². The number of allylic oxidation sites excluding steroid dienone is 4. The van der Waals surface area contributed by atoms with Crippen LogP contribution < -0.4 is 0 Å². The van der Waals surface area contributed by atoms with E-state index >= 15 is 0 Å². The van der Waals surface area contributed by atoms with Crippen LogP contribution in [0.1, 0.15) is 65.2 Å². The highest BCUT2D eigenvalue weighted by atomic mass is 16.5. The fourth-order valence-electron chi connectivity index (χ4n) is 3.51. The van der Waals surface area contributed by atoms with E-state index in [4.69, 9.17) is 4.74 Å². The molecule has 2 aliphatic carbocycles. The van der Waals surface area contributed by atoms with Crippen molar-refractivity contribution in [1.29, 1.82) is 0 Å². The summed E-state index contributed by atoms with van der Waals surface area (Å²) in [5.41, 5.74) is 1.69. The Morgan fingerprint density at radius 2 is 1.83 bits per heavy atom. The Labute approximate surface area is 112 Å². The summed E-state index contributed by atoms with van der Waals surface area (Å²) < 4.78 is 5.58. The molecule has 0 atom stereocenters. The Balaban J connectivity index is 1.83. The summed E-state index contributed by atoms with van der Waals surface area (Å²) in [5, 5.41) is 0. The average molecular weight is 248 g/mol. The molecule has 1 saturated carbocycles. The second kappa shape index (κ2) is 7.01. The Morgan fingerprint density at radius 1 is 1.06 bits per heavy atom. The molecule has 1 heteroatoms. The third-order valence-electron chi connectivity index (χ3n) is 4.54. The molecule has 2 rings (SSSR count). The van der Waals surface area contributed by atoms with Crippen molar-refractivity contribution in [3.8, 4) is 0 Å². The van der Waals surface area contributed by atoms with Gasteiger partial charge in [-0.3, -0.25) is 0 Å². The molecule has 2 aliphatic rings. The molecule has 102 valence electrons. The molecular weight excluding hydrogens is 220 g/mol.